The molecule has 0 aliphatic rings. The predicted octanol–water partition coefficient (Wildman–Crippen LogP) is 5.12. The molecule has 1 unspecified atom stereocenters. The van der Waals surface area contributed by atoms with E-state index in [1.54, 1.807) is 0 Å². The maximum atomic E-state index is 3.62. The van der Waals surface area contributed by atoms with Crippen molar-refractivity contribution in [2.24, 2.45) is 0 Å². The zero-order valence-electron chi connectivity index (χ0n) is 12.1. The highest BCUT2D eigenvalue weighted by atomic mass is 14.9. The molecule has 19 heavy (non-hydrogen) atoms. The Bertz CT molecular complexity index is 513. The summed E-state index contributed by atoms with van der Waals surface area (Å²) in [5.74, 6) is 0. The summed E-state index contributed by atoms with van der Waals surface area (Å²) < 4.78 is 0. The lowest BCUT2D eigenvalue weighted by Gasteiger charge is -2.19. The molecular weight excluding hydrogens is 230 g/mol. The molecule has 2 aromatic rings. The van der Waals surface area contributed by atoms with Crippen molar-refractivity contribution in [1.29, 1.82) is 0 Å². The van der Waals surface area contributed by atoms with E-state index in [-0.39, 0.29) is 0 Å². The second-order valence-electron chi connectivity index (χ2n) is 5.07. The number of hydrogen-bond donors (Lipinski definition) is 1. The van der Waals surface area contributed by atoms with Gasteiger partial charge in [0.25, 0.3) is 0 Å². The van der Waals surface area contributed by atoms with E-state index in [1.807, 2.05) is 0 Å². The number of benzene rings is 2. The van der Waals surface area contributed by atoms with Crippen molar-refractivity contribution in [3.63, 3.8) is 0 Å². The van der Waals surface area contributed by atoms with E-state index in [4.69, 9.17) is 0 Å². The van der Waals surface area contributed by atoms with Gasteiger partial charge in [-0.3, -0.25) is 0 Å². The zero-order chi connectivity index (χ0) is 13.7. The predicted molar refractivity (Wildman–Crippen MR) is 83.7 cm³/mol. The van der Waals surface area contributed by atoms with Crippen molar-refractivity contribution in [1.82, 2.24) is 0 Å². The molecule has 0 aliphatic heterocycles. The van der Waals surface area contributed by atoms with Gasteiger partial charge >= 0.3 is 0 Å². The highest BCUT2D eigenvalue weighted by molar-refractivity contribution is 5.47. The lowest BCUT2D eigenvalue weighted by atomic mass is 10.0. The van der Waals surface area contributed by atoms with E-state index in [9.17, 15) is 0 Å². The van der Waals surface area contributed by atoms with E-state index < -0.39 is 0 Å². The summed E-state index contributed by atoms with van der Waals surface area (Å²) in [6, 6.07) is 17.9. The van der Waals surface area contributed by atoms with Gasteiger partial charge in [0.05, 0.1) is 6.04 Å². The molecule has 0 aromatic heterocycles. The summed E-state index contributed by atoms with van der Waals surface area (Å²) in [5.41, 5.74) is 5.25. The Morgan fingerprint density at radius 2 is 1.74 bits per heavy atom. The lowest BCUT2D eigenvalue weighted by Crippen LogP contribution is -2.09. The molecule has 0 aliphatic carbocycles. The summed E-state index contributed by atoms with van der Waals surface area (Å²) in [7, 11) is 0. The minimum Gasteiger partial charge on any atom is -0.378 e. The molecule has 100 valence electrons. The van der Waals surface area contributed by atoms with Crippen LogP contribution >= 0.6 is 0 Å². The molecule has 2 rings (SSSR count). The van der Waals surface area contributed by atoms with E-state index in [1.165, 1.54) is 22.4 Å². The molecule has 0 bridgehead atoms. The number of nitrogens with one attached hydrogen (secondary N) is 1. The van der Waals surface area contributed by atoms with Gasteiger partial charge in [0.1, 0.15) is 0 Å². The van der Waals surface area contributed by atoms with E-state index in [0.29, 0.717) is 6.04 Å². The quantitative estimate of drug-likeness (QED) is 0.779. The zero-order valence-corrected chi connectivity index (χ0v) is 12.1. The van der Waals surface area contributed by atoms with Gasteiger partial charge in [0.15, 0.2) is 0 Å². The van der Waals surface area contributed by atoms with Gasteiger partial charge in [-0.15, -0.1) is 0 Å². The summed E-state index contributed by atoms with van der Waals surface area (Å²) in [6.45, 7) is 6.54. The van der Waals surface area contributed by atoms with Crippen LogP contribution in [0.5, 0.6) is 0 Å². The standard InChI is InChI=1S/C18H23N/c1-4-15-9-11-16(12-10-15)18(5-2)19-17-8-6-7-14(3)13-17/h6-13,18-19H,4-5H2,1-3H3. The minimum absolute atomic E-state index is 0.382. The number of hydrogen-bond acceptors (Lipinski definition) is 1. The molecular formula is C18H23N. The maximum absolute atomic E-state index is 3.62. The minimum atomic E-state index is 0.382. The SMILES string of the molecule is CCc1ccc(C(CC)Nc2cccc(C)c2)cc1. The van der Waals surface area contributed by atoms with Gasteiger partial charge < -0.3 is 5.32 Å². The molecule has 0 saturated carbocycles. The molecule has 2 aromatic carbocycles. The van der Waals surface area contributed by atoms with Crippen LogP contribution in [0.1, 0.15) is 43.0 Å². The van der Waals surface area contributed by atoms with E-state index in [0.717, 1.165) is 12.8 Å². The Labute approximate surface area is 116 Å². The van der Waals surface area contributed by atoms with Crippen LogP contribution in [0, 0.1) is 6.92 Å². The first kappa shape index (κ1) is 13.7. The summed E-state index contributed by atoms with van der Waals surface area (Å²) in [4.78, 5) is 0. The Kier molecular flexibility index (Phi) is 4.62. The molecule has 1 N–H and O–H groups in total. The first-order valence-corrected chi connectivity index (χ1v) is 7.15. The largest absolute Gasteiger partial charge is 0.378 e. The maximum Gasteiger partial charge on any atom is 0.0511 e. The van der Waals surface area contributed by atoms with Crippen LogP contribution < -0.4 is 5.32 Å². The van der Waals surface area contributed by atoms with Crippen molar-refractivity contribution in [3.8, 4) is 0 Å². The second kappa shape index (κ2) is 6.42. The van der Waals surface area contributed by atoms with Crippen LogP contribution in [0.4, 0.5) is 5.69 Å². The Morgan fingerprint density at radius 1 is 1.00 bits per heavy atom. The summed E-state index contributed by atoms with van der Waals surface area (Å²) in [5, 5.41) is 3.62. The third-order valence-electron chi connectivity index (χ3n) is 3.56. The Hall–Kier alpha value is -1.76. The van der Waals surface area contributed by atoms with E-state index in [2.05, 4.69) is 74.6 Å². The molecule has 1 heteroatoms. The Morgan fingerprint density at radius 3 is 2.32 bits per heavy atom. The fraction of sp³-hybridized carbons (Fsp3) is 0.333. The average Bonchev–Trinajstić information content (AvgIpc) is 2.45. The second-order valence-corrected chi connectivity index (χ2v) is 5.07. The summed E-state index contributed by atoms with van der Waals surface area (Å²) in [6.07, 6.45) is 2.18. The van der Waals surface area contributed by atoms with Crippen molar-refractivity contribution < 1.29 is 0 Å². The number of aryl methyl sites for hydroxylation is 2. The lowest BCUT2D eigenvalue weighted by molar-refractivity contribution is 0.748. The highest BCUT2D eigenvalue weighted by Crippen LogP contribution is 2.23. The van der Waals surface area contributed by atoms with E-state index >= 15 is 0 Å². The first-order valence-electron chi connectivity index (χ1n) is 7.15. The average molecular weight is 253 g/mol. The van der Waals surface area contributed by atoms with Gasteiger partial charge in [-0.1, -0.05) is 50.2 Å². The van der Waals surface area contributed by atoms with Gasteiger partial charge in [-0.2, -0.15) is 0 Å². The fourth-order valence-electron chi connectivity index (χ4n) is 2.34. The first-order chi connectivity index (χ1) is 9.22. The molecule has 0 spiro atoms. The summed E-state index contributed by atoms with van der Waals surface area (Å²) >= 11 is 0. The van der Waals surface area contributed by atoms with Crippen molar-refractivity contribution in [2.75, 3.05) is 5.32 Å². The van der Waals surface area contributed by atoms with Crippen molar-refractivity contribution in [3.05, 3.63) is 65.2 Å². The molecule has 0 radical (unpaired) electrons. The smallest absolute Gasteiger partial charge is 0.0511 e. The molecule has 0 heterocycles. The molecule has 0 amide bonds. The molecule has 0 saturated heterocycles. The van der Waals surface area contributed by atoms with Gasteiger partial charge in [-0.05, 0) is 48.6 Å². The third kappa shape index (κ3) is 3.60. The van der Waals surface area contributed by atoms with Gasteiger partial charge in [-0.25, -0.2) is 0 Å². The van der Waals surface area contributed by atoms with Crippen LogP contribution in [0.25, 0.3) is 0 Å². The Balaban J connectivity index is 2.15. The van der Waals surface area contributed by atoms with Crippen molar-refractivity contribution >= 4 is 5.69 Å². The third-order valence-corrected chi connectivity index (χ3v) is 3.56. The van der Waals surface area contributed by atoms with Crippen LogP contribution in [0.15, 0.2) is 48.5 Å². The number of rotatable bonds is 5. The van der Waals surface area contributed by atoms with Gasteiger partial charge in [0.2, 0.25) is 0 Å². The number of anilines is 1. The van der Waals surface area contributed by atoms with Crippen LogP contribution in [-0.4, -0.2) is 0 Å². The fourth-order valence-corrected chi connectivity index (χ4v) is 2.34. The monoisotopic (exact) mass is 253 g/mol. The van der Waals surface area contributed by atoms with Crippen LogP contribution in [0.3, 0.4) is 0 Å². The molecule has 0 fully saturated rings. The molecule has 1 atom stereocenters. The van der Waals surface area contributed by atoms with Crippen LogP contribution in [0.2, 0.25) is 0 Å². The van der Waals surface area contributed by atoms with Crippen molar-refractivity contribution in [2.45, 2.75) is 39.7 Å². The van der Waals surface area contributed by atoms with Gasteiger partial charge in [0, 0.05) is 5.69 Å². The topological polar surface area (TPSA) is 12.0 Å². The highest BCUT2D eigenvalue weighted by Gasteiger charge is 2.08. The normalized spacial score (nSPS) is 12.2. The van der Waals surface area contributed by atoms with Crippen LogP contribution in [-0.2, 0) is 6.42 Å². The molecule has 1 nitrogen and oxygen atoms in total.